The summed E-state index contributed by atoms with van der Waals surface area (Å²) in [6.07, 6.45) is 2.08. The molecule has 2 aromatic rings. The highest BCUT2D eigenvalue weighted by atomic mass is 32.2. The molecule has 2 nitrogen and oxygen atoms in total. The summed E-state index contributed by atoms with van der Waals surface area (Å²) < 4.78 is 13.9. The molecule has 0 radical (unpaired) electrons. The van der Waals surface area contributed by atoms with Gasteiger partial charge in [0, 0.05) is 11.8 Å². The van der Waals surface area contributed by atoms with E-state index in [1.165, 1.54) is 23.5 Å². The van der Waals surface area contributed by atoms with E-state index in [-0.39, 0.29) is 5.82 Å². The van der Waals surface area contributed by atoms with Gasteiger partial charge in [0.25, 0.3) is 0 Å². The Hall–Kier alpha value is -0.810. The molecule has 2 rings (SSSR count). The molecule has 1 unspecified atom stereocenters. The molecule has 1 N–H and O–H groups in total. The minimum atomic E-state index is -0.208. The van der Waals surface area contributed by atoms with Gasteiger partial charge in [-0.25, -0.2) is 9.37 Å². The van der Waals surface area contributed by atoms with Gasteiger partial charge >= 0.3 is 0 Å². The van der Waals surface area contributed by atoms with Crippen molar-refractivity contribution in [1.82, 2.24) is 4.98 Å². The third-order valence-corrected chi connectivity index (χ3v) is 3.92. The van der Waals surface area contributed by atoms with E-state index in [0.29, 0.717) is 6.04 Å². The van der Waals surface area contributed by atoms with E-state index in [1.54, 1.807) is 17.8 Å². The van der Waals surface area contributed by atoms with Crippen molar-refractivity contribution < 1.29 is 4.39 Å². The van der Waals surface area contributed by atoms with E-state index in [1.807, 2.05) is 0 Å². The Balaban J connectivity index is 2.19. The molecule has 1 atom stereocenters. The van der Waals surface area contributed by atoms with Crippen molar-refractivity contribution in [2.24, 2.45) is 0 Å². The van der Waals surface area contributed by atoms with Gasteiger partial charge in [0.2, 0.25) is 0 Å². The first-order valence-electron chi connectivity index (χ1n) is 5.00. The molecule has 0 fully saturated rings. The molecule has 0 saturated carbocycles. The van der Waals surface area contributed by atoms with Crippen LogP contribution in [0.2, 0.25) is 0 Å². The first kappa shape index (κ1) is 11.7. The lowest BCUT2D eigenvalue weighted by Crippen LogP contribution is -2.17. The normalized spacial score (nSPS) is 12.9. The molecule has 1 heterocycles. The maximum atomic E-state index is 13.0. The number of thiazole rings is 1. The predicted octanol–water partition coefficient (Wildman–Crippen LogP) is 3.60. The summed E-state index contributed by atoms with van der Waals surface area (Å²) in [5.74, 6) is 0.824. The predicted molar refractivity (Wildman–Crippen MR) is 71.0 cm³/mol. The van der Waals surface area contributed by atoms with Gasteiger partial charge in [0.1, 0.15) is 5.82 Å². The number of thioether (sulfide) groups is 1. The van der Waals surface area contributed by atoms with Gasteiger partial charge in [-0.2, -0.15) is 11.8 Å². The molecule has 0 aliphatic rings. The molecule has 0 bridgehead atoms. The van der Waals surface area contributed by atoms with Crippen molar-refractivity contribution in [3.05, 3.63) is 24.0 Å². The largest absolute Gasteiger partial charge is 0.358 e. The summed E-state index contributed by atoms with van der Waals surface area (Å²) >= 11 is 3.29. The molecule has 0 amide bonds. The lowest BCUT2D eigenvalue weighted by molar-refractivity contribution is 0.630. The number of rotatable bonds is 4. The first-order chi connectivity index (χ1) is 7.69. The quantitative estimate of drug-likeness (QED) is 0.904. The van der Waals surface area contributed by atoms with Crippen LogP contribution in [0.4, 0.5) is 9.52 Å². The Morgan fingerprint density at radius 2 is 2.38 bits per heavy atom. The van der Waals surface area contributed by atoms with Gasteiger partial charge in [-0.1, -0.05) is 11.3 Å². The van der Waals surface area contributed by atoms with E-state index >= 15 is 0 Å². The maximum absolute atomic E-state index is 13.0. The highest BCUT2D eigenvalue weighted by Crippen LogP contribution is 2.27. The summed E-state index contributed by atoms with van der Waals surface area (Å²) in [6, 6.07) is 5.06. The lowest BCUT2D eigenvalue weighted by atomic mass is 10.3. The van der Waals surface area contributed by atoms with E-state index in [0.717, 1.165) is 21.1 Å². The molecule has 16 heavy (non-hydrogen) atoms. The van der Waals surface area contributed by atoms with Crippen molar-refractivity contribution >= 4 is 38.4 Å². The molecule has 0 spiro atoms. The minimum absolute atomic E-state index is 0.208. The van der Waals surface area contributed by atoms with Gasteiger partial charge in [0.15, 0.2) is 5.13 Å². The summed E-state index contributed by atoms with van der Waals surface area (Å²) in [5.41, 5.74) is 0.852. The maximum Gasteiger partial charge on any atom is 0.184 e. The van der Waals surface area contributed by atoms with Crippen molar-refractivity contribution in [3.63, 3.8) is 0 Å². The SMILES string of the molecule is CSCC(C)Nc1nc2ccc(F)cc2s1. The number of aromatic nitrogens is 1. The van der Waals surface area contributed by atoms with Gasteiger partial charge < -0.3 is 5.32 Å². The minimum Gasteiger partial charge on any atom is -0.358 e. The van der Waals surface area contributed by atoms with E-state index in [2.05, 4.69) is 23.5 Å². The molecule has 5 heteroatoms. The third-order valence-electron chi connectivity index (χ3n) is 2.14. The van der Waals surface area contributed by atoms with Crippen LogP contribution < -0.4 is 5.32 Å². The second-order valence-corrected chi connectivity index (χ2v) is 5.57. The fourth-order valence-electron chi connectivity index (χ4n) is 1.46. The van der Waals surface area contributed by atoms with E-state index in [4.69, 9.17) is 0 Å². The van der Waals surface area contributed by atoms with Crippen LogP contribution in [0, 0.1) is 5.82 Å². The number of hydrogen-bond acceptors (Lipinski definition) is 4. The monoisotopic (exact) mass is 256 g/mol. The standard InChI is InChI=1S/C11H13FN2S2/c1-7(6-15-2)13-11-14-9-4-3-8(12)5-10(9)16-11/h3-5,7H,6H2,1-2H3,(H,13,14). The average molecular weight is 256 g/mol. The second kappa shape index (κ2) is 5.01. The number of nitrogens with one attached hydrogen (secondary N) is 1. The fraction of sp³-hybridized carbons (Fsp3) is 0.364. The Morgan fingerprint density at radius 3 is 3.12 bits per heavy atom. The lowest BCUT2D eigenvalue weighted by Gasteiger charge is -2.09. The molecular formula is C11H13FN2S2. The van der Waals surface area contributed by atoms with E-state index < -0.39 is 0 Å². The van der Waals surface area contributed by atoms with Crippen LogP contribution >= 0.6 is 23.1 Å². The zero-order valence-corrected chi connectivity index (χ0v) is 10.8. The molecule has 0 saturated heterocycles. The van der Waals surface area contributed by atoms with Crippen LogP contribution in [-0.2, 0) is 0 Å². The third kappa shape index (κ3) is 2.65. The first-order valence-corrected chi connectivity index (χ1v) is 7.21. The Morgan fingerprint density at radius 1 is 1.56 bits per heavy atom. The molecular weight excluding hydrogens is 243 g/mol. The Kier molecular flexibility index (Phi) is 3.66. The highest BCUT2D eigenvalue weighted by molar-refractivity contribution is 7.98. The van der Waals surface area contributed by atoms with Crippen LogP contribution in [0.3, 0.4) is 0 Å². The Labute approximate surface area is 102 Å². The topological polar surface area (TPSA) is 24.9 Å². The zero-order chi connectivity index (χ0) is 11.5. The summed E-state index contributed by atoms with van der Waals surface area (Å²) in [6.45, 7) is 2.11. The van der Waals surface area contributed by atoms with Crippen LogP contribution in [0.5, 0.6) is 0 Å². The smallest absolute Gasteiger partial charge is 0.184 e. The molecule has 1 aromatic heterocycles. The number of hydrogen-bond donors (Lipinski definition) is 1. The number of anilines is 1. The Bertz CT molecular complexity index is 484. The molecule has 86 valence electrons. The van der Waals surface area contributed by atoms with Gasteiger partial charge in [-0.15, -0.1) is 0 Å². The van der Waals surface area contributed by atoms with Gasteiger partial charge in [-0.3, -0.25) is 0 Å². The van der Waals surface area contributed by atoms with Crippen molar-refractivity contribution in [2.45, 2.75) is 13.0 Å². The number of benzene rings is 1. The van der Waals surface area contributed by atoms with Crippen LogP contribution in [0.25, 0.3) is 10.2 Å². The summed E-state index contributed by atoms with van der Waals surface area (Å²) in [5, 5.41) is 4.18. The summed E-state index contributed by atoms with van der Waals surface area (Å²) in [7, 11) is 0. The fourth-order valence-corrected chi connectivity index (χ4v) is 3.05. The van der Waals surface area contributed by atoms with Crippen LogP contribution in [0.1, 0.15) is 6.92 Å². The molecule has 0 aliphatic heterocycles. The van der Waals surface area contributed by atoms with E-state index in [9.17, 15) is 4.39 Å². The van der Waals surface area contributed by atoms with Crippen LogP contribution in [-0.4, -0.2) is 23.0 Å². The average Bonchev–Trinajstić information content (AvgIpc) is 2.59. The van der Waals surface area contributed by atoms with Crippen molar-refractivity contribution in [1.29, 1.82) is 0 Å². The van der Waals surface area contributed by atoms with Gasteiger partial charge in [0.05, 0.1) is 10.2 Å². The number of halogens is 1. The number of fused-ring (bicyclic) bond motifs is 1. The second-order valence-electron chi connectivity index (χ2n) is 3.63. The highest BCUT2D eigenvalue weighted by Gasteiger charge is 2.07. The van der Waals surface area contributed by atoms with Crippen molar-refractivity contribution in [2.75, 3.05) is 17.3 Å². The zero-order valence-electron chi connectivity index (χ0n) is 9.16. The molecule has 0 aliphatic carbocycles. The number of nitrogens with zero attached hydrogens (tertiary/aromatic N) is 1. The van der Waals surface area contributed by atoms with Gasteiger partial charge in [-0.05, 0) is 31.4 Å². The van der Waals surface area contributed by atoms with Crippen LogP contribution in [0.15, 0.2) is 18.2 Å². The molecule has 1 aromatic carbocycles. The van der Waals surface area contributed by atoms with Crippen molar-refractivity contribution in [3.8, 4) is 0 Å². The summed E-state index contributed by atoms with van der Waals surface area (Å²) in [4.78, 5) is 4.41.